The van der Waals surface area contributed by atoms with E-state index < -0.39 is 17.7 Å². The topological polar surface area (TPSA) is 88.5 Å². The first-order valence-corrected chi connectivity index (χ1v) is 11.5. The summed E-state index contributed by atoms with van der Waals surface area (Å²) in [7, 11) is 1.58. The van der Waals surface area contributed by atoms with Crippen LogP contribution in [0.5, 0.6) is 11.5 Å². The van der Waals surface area contributed by atoms with E-state index in [-0.39, 0.29) is 11.3 Å². The van der Waals surface area contributed by atoms with Gasteiger partial charge in [0.15, 0.2) is 0 Å². The van der Waals surface area contributed by atoms with Gasteiger partial charge < -0.3 is 24.2 Å². The molecule has 1 amide bonds. The second-order valence-electron chi connectivity index (χ2n) is 8.18. The number of rotatable bonds is 8. The zero-order valence-electron chi connectivity index (χ0n) is 19.5. The molecule has 0 saturated carbocycles. The molecule has 0 radical (unpaired) electrons. The number of methoxy groups -OCH3 is 1. The van der Waals surface area contributed by atoms with Crippen LogP contribution >= 0.6 is 0 Å². The van der Waals surface area contributed by atoms with E-state index >= 15 is 0 Å². The molecule has 0 aromatic heterocycles. The van der Waals surface area contributed by atoms with E-state index in [1.807, 2.05) is 19.1 Å². The number of likely N-dealkylation sites (tertiary alicyclic amines) is 1. The Kier molecular flexibility index (Phi) is 7.49. The number of Topliss-reactive ketones (excluding diaryl/α,β-unsaturated/α-hetero) is 1. The fraction of sp³-hybridized carbons (Fsp3) is 0.385. The van der Waals surface area contributed by atoms with Gasteiger partial charge in [-0.05, 0) is 48.9 Å². The minimum Gasteiger partial charge on any atom is -0.507 e. The summed E-state index contributed by atoms with van der Waals surface area (Å²) in [4.78, 5) is 30.0. The van der Waals surface area contributed by atoms with Crippen molar-refractivity contribution >= 4 is 17.4 Å². The van der Waals surface area contributed by atoms with E-state index in [1.165, 1.54) is 0 Å². The van der Waals surface area contributed by atoms with Crippen molar-refractivity contribution in [3.05, 3.63) is 65.2 Å². The third kappa shape index (κ3) is 4.93. The minimum absolute atomic E-state index is 0.0845. The molecule has 8 nitrogen and oxygen atoms in total. The molecule has 4 rings (SSSR count). The first-order valence-electron chi connectivity index (χ1n) is 11.5. The number of ketones is 1. The molecule has 0 spiro atoms. The predicted molar refractivity (Wildman–Crippen MR) is 127 cm³/mol. The summed E-state index contributed by atoms with van der Waals surface area (Å²) in [6.07, 6.45) is 0. The molecule has 1 atom stereocenters. The highest BCUT2D eigenvalue weighted by atomic mass is 16.5. The molecule has 0 bridgehead atoms. The molecule has 0 aliphatic carbocycles. The Labute approximate surface area is 199 Å². The Morgan fingerprint density at radius 1 is 1.00 bits per heavy atom. The van der Waals surface area contributed by atoms with Crippen molar-refractivity contribution in [3.8, 4) is 11.5 Å². The number of hydrogen-bond donors (Lipinski definition) is 1. The molecule has 2 aromatic carbocycles. The highest BCUT2D eigenvalue weighted by Crippen LogP contribution is 2.39. The molecule has 180 valence electrons. The van der Waals surface area contributed by atoms with E-state index in [1.54, 1.807) is 48.4 Å². The van der Waals surface area contributed by atoms with E-state index in [4.69, 9.17) is 14.2 Å². The second-order valence-corrected chi connectivity index (χ2v) is 8.18. The van der Waals surface area contributed by atoms with Crippen LogP contribution in [0.2, 0.25) is 0 Å². The summed E-state index contributed by atoms with van der Waals surface area (Å²) in [5.41, 5.74) is 1.27. The standard InChI is InChI=1S/C26H30N2O6/c1-3-34-21-10-6-19(7-11-21)24(29)22-23(18-4-8-20(32-2)9-5-18)28(26(31)25(22)30)13-12-27-14-16-33-17-15-27/h4-11,23,29H,3,12-17H2,1-2H3/t23-/m0/s1. The van der Waals surface area contributed by atoms with Crippen LogP contribution in [0.1, 0.15) is 24.1 Å². The van der Waals surface area contributed by atoms with Gasteiger partial charge in [-0.25, -0.2) is 0 Å². The number of aliphatic hydroxyl groups excluding tert-OH is 1. The molecule has 34 heavy (non-hydrogen) atoms. The summed E-state index contributed by atoms with van der Waals surface area (Å²) in [6.45, 7) is 6.26. The fourth-order valence-electron chi connectivity index (χ4n) is 4.35. The van der Waals surface area contributed by atoms with Crippen molar-refractivity contribution in [3.63, 3.8) is 0 Å². The average molecular weight is 467 g/mol. The molecule has 2 aliphatic heterocycles. The van der Waals surface area contributed by atoms with Crippen LogP contribution in [0.4, 0.5) is 0 Å². The number of ether oxygens (including phenoxy) is 3. The van der Waals surface area contributed by atoms with Gasteiger partial charge >= 0.3 is 0 Å². The van der Waals surface area contributed by atoms with Gasteiger partial charge in [0.1, 0.15) is 17.3 Å². The smallest absolute Gasteiger partial charge is 0.295 e. The Hall–Kier alpha value is -3.36. The van der Waals surface area contributed by atoms with Gasteiger partial charge in [0.25, 0.3) is 11.7 Å². The molecule has 8 heteroatoms. The number of aliphatic hydroxyl groups is 1. The highest BCUT2D eigenvalue weighted by molar-refractivity contribution is 6.46. The van der Waals surface area contributed by atoms with Gasteiger partial charge in [-0.2, -0.15) is 0 Å². The van der Waals surface area contributed by atoms with Gasteiger partial charge in [-0.1, -0.05) is 12.1 Å². The highest BCUT2D eigenvalue weighted by Gasteiger charge is 2.46. The Morgan fingerprint density at radius 3 is 2.26 bits per heavy atom. The SMILES string of the molecule is CCOc1ccc(C(O)=C2C(=O)C(=O)N(CCN3CCOCC3)[C@H]2c2ccc(OC)cc2)cc1. The zero-order valence-corrected chi connectivity index (χ0v) is 19.5. The lowest BCUT2D eigenvalue weighted by atomic mass is 9.95. The summed E-state index contributed by atoms with van der Waals surface area (Å²) in [5, 5.41) is 11.2. The lowest BCUT2D eigenvalue weighted by Crippen LogP contribution is -2.42. The van der Waals surface area contributed by atoms with E-state index in [9.17, 15) is 14.7 Å². The number of benzene rings is 2. The number of hydrogen-bond acceptors (Lipinski definition) is 7. The van der Waals surface area contributed by atoms with Crippen LogP contribution in [0.25, 0.3) is 5.76 Å². The normalized spacial score (nSPS) is 20.5. The Balaban J connectivity index is 1.70. The maximum atomic E-state index is 13.2. The van der Waals surface area contributed by atoms with Crippen LogP contribution in [-0.4, -0.2) is 79.7 Å². The quantitative estimate of drug-likeness (QED) is 0.364. The molecular weight excluding hydrogens is 436 g/mol. The Morgan fingerprint density at radius 2 is 1.65 bits per heavy atom. The third-order valence-electron chi connectivity index (χ3n) is 6.17. The number of morpholine rings is 1. The second kappa shape index (κ2) is 10.7. The first-order chi connectivity index (χ1) is 16.5. The molecule has 2 saturated heterocycles. The molecular formula is C26H30N2O6. The van der Waals surface area contributed by atoms with Crippen molar-refractivity contribution in [1.82, 2.24) is 9.80 Å². The van der Waals surface area contributed by atoms with Crippen molar-refractivity contribution in [2.45, 2.75) is 13.0 Å². The van der Waals surface area contributed by atoms with E-state index in [2.05, 4.69) is 4.90 Å². The van der Waals surface area contributed by atoms with Crippen LogP contribution in [0.15, 0.2) is 54.1 Å². The molecule has 2 heterocycles. The van der Waals surface area contributed by atoms with Gasteiger partial charge in [0, 0.05) is 31.7 Å². The van der Waals surface area contributed by atoms with Gasteiger partial charge in [-0.15, -0.1) is 0 Å². The fourth-order valence-corrected chi connectivity index (χ4v) is 4.35. The van der Waals surface area contributed by atoms with Gasteiger partial charge in [0.05, 0.1) is 38.5 Å². The molecule has 0 unspecified atom stereocenters. The molecule has 2 fully saturated rings. The van der Waals surface area contributed by atoms with Crippen LogP contribution < -0.4 is 9.47 Å². The monoisotopic (exact) mass is 466 g/mol. The van der Waals surface area contributed by atoms with Crippen LogP contribution in [0, 0.1) is 0 Å². The van der Waals surface area contributed by atoms with Crippen molar-refractivity contribution < 1.29 is 28.9 Å². The summed E-state index contributed by atoms with van der Waals surface area (Å²) in [6, 6.07) is 13.4. The van der Waals surface area contributed by atoms with E-state index in [0.29, 0.717) is 50.0 Å². The maximum absolute atomic E-state index is 13.2. The summed E-state index contributed by atoms with van der Waals surface area (Å²) < 4.78 is 16.1. The summed E-state index contributed by atoms with van der Waals surface area (Å²) in [5.74, 6) is -0.163. The first kappa shape index (κ1) is 23.8. The molecule has 1 N–H and O–H groups in total. The van der Waals surface area contributed by atoms with E-state index in [0.717, 1.165) is 18.7 Å². The van der Waals surface area contributed by atoms with Crippen molar-refractivity contribution in [2.75, 3.05) is 53.1 Å². The average Bonchev–Trinajstić information content (AvgIpc) is 3.13. The van der Waals surface area contributed by atoms with Crippen molar-refractivity contribution in [1.29, 1.82) is 0 Å². The largest absolute Gasteiger partial charge is 0.507 e. The molecule has 2 aliphatic rings. The maximum Gasteiger partial charge on any atom is 0.295 e. The minimum atomic E-state index is -0.696. The number of nitrogens with zero attached hydrogens (tertiary/aromatic N) is 2. The van der Waals surface area contributed by atoms with Crippen molar-refractivity contribution in [2.24, 2.45) is 0 Å². The predicted octanol–water partition coefficient (Wildman–Crippen LogP) is 2.85. The number of carbonyl (C=O) groups excluding carboxylic acids is 2. The Bertz CT molecular complexity index is 1040. The zero-order chi connectivity index (χ0) is 24.1. The number of amides is 1. The van der Waals surface area contributed by atoms with Crippen LogP contribution in [-0.2, 0) is 14.3 Å². The van der Waals surface area contributed by atoms with Gasteiger partial charge in [-0.3, -0.25) is 14.5 Å². The molecule has 2 aromatic rings. The number of carbonyl (C=O) groups is 2. The van der Waals surface area contributed by atoms with Crippen LogP contribution in [0.3, 0.4) is 0 Å². The lowest BCUT2D eigenvalue weighted by Gasteiger charge is -2.31. The lowest BCUT2D eigenvalue weighted by molar-refractivity contribution is -0.140. The summed E-state index contributed by atoms with van der Waals surface area (Å²) >= 11 is 0. The third-order valence-corrected chi connectivity index (χ3v) is 6.17. The van der Waals surface area contributed by atoms with Gasteiger partial charge in [0.2, 0.25) is 0 Å².